The van der Waals surface area contributed by atoms with E-state index in [1.807, 2.05) is 13.0 Å². The highest BCUT2D eigenvalue weighted by atomic mass is 35.5. The number of allylic oxidation sites excluding steroid dienone is 3. The molecule has 11 heavy (non-hydrogen) atoms. The second-order valence-corrected chi connectivity index (χ2v) is 3.33. The van der Waals surface area contributed by atoms with Crippen molar-refractivity contribution in [2.75, 3.05) is 0 Å². The standard InChI is InChI=1S/C8H9ClO2/c1-6-2-4-8(9,5-3-6)7(10)11/h2-4H,5H2,1H3,(H,10,11). The van der Waals surface area contributed by atoms with Gasteiger partial charge in [-0.1, -0.05) is 23.8 Å². The third kappa shape index (κ3) is 1.63. The van der Waals surface area contributed by atoms with E-state index in [1.54, 1.807) is 6.08 Å². The van der Waals surface area contributed by atoms with Crippen LogP contribution in [-0.2, 0) is 4.79 Å². The van der Waals surface area contributed by atoms with Gasteiger partial charge in [0.05, 0.1) is 0 Å². The Hall–Kier alpha value is -0.760. The third-order valence-electron chi connectivity index (χ3n) is 1.69. The summed E-state index contributed by atoms with van der Waals surface area (Å²) in [5.41, 5.74) is 1.06. The van der Waals surface area contributed by atoms with Crippen molar-refractivity contribution in [2.45, 2.75) is 18.2 Å². The molecule has 60 valence electrons. The van der Waals surface area contributed by atoms with Gasteiger partial charge in [-0.2, -0.15) is 0 Å². The van der Waals surface area contributed by atoms with Crippen LogP contribution < -0.4 is 0 Å². The van der Waals surface area contributed by atoms with Crippen molar-refractivity contribution in [1.82, 2.24) is 0 Å². The Morgan fingerprint density at radius 2 is 2.45 bits per heavy atom. The molecule has 0 spiro atoms. The maximum atomic E-state index is 10.6. The van der Waals surface area contributed by atoms with Crippen molar-refractivity contribution in [3.63, 3.8) is 0 Å². The summed E-state index contributed by atoms with van der Waals surface area (Å²) in [7, 11) is 0. The average Bonchev–Trinajstić information content (AvgIpc) is 1.95. The first-order chi connectivity index (χ1) is 5.04. The number of halogens is 1. The first kappa shape index (κ1) is 8.34. The number of carboxylic acid groups (broad SMARTS) is 1. The molecule has 0 heterocycles. The number of carboxylic acids is 1. The lowest BCUT2D eigenvalue weighted by molar-refractivity contribution is -0.138. The van der Waals surface area contributed by atoms with Crippen molar-refractivity contribution in [2.24, 2.45) is 0 Å². The van der Waals surface area contributed by atoms with Crippen LogP contribution >= 0.6 is 11.6 Å². The fourth-order valence-electron chi connectivity index (χ4n) is 0.868. The molecule has 0 amide bonds. The SMILES string of the molecule is CC1=CCC(Cl)(C(=O)O)C=C1. The molecule has 0 aromatic rings. The van der Waals surface area contributed by atoms with Crippen LogP contribution in [0, 0.1) is 0 Å². The third-order valence-corrected chi connectivity index (χ3v) is 2.13. The van der Waals surface area contributed by atoms with Gasteiger partial charge in [-0.25, -0.2) is 4.79 Å². The number of alkyl halides is 1. The molecule has 1 unspecified atom stereocenters. The zero-order valence-electron chi connectivity index (χ0n) is 6.17. The minimum absolute atomic E-state index is 0.367. The van der Waals surface area contributed by atoms with Crippen LogP contribution in [0.2, 0.25) is 0 Å². The molecule has 3 heteroatoms. The number of aliphatic carboxylic acids is 1. The van der Waals surface area contributed by atoms with E-state index in [-0.39, 0.29) is 0 Å². The van der Waals surface area contributed by atoms with Gasteiger partial charge in [0.25, 0.3) is 0 Å². The summed E-state index contributed by atoms with van der Waals surface area (Å²) in [5, 5.41) is 8.67. The number of rotatable bonds is 1. The second kappa shape index (κ2) is 2.70. The zero-order chi connectivity index (χ0) is 8.48. The summed E-state index contributed by atoms with van der Waals surface area (Å²) < 4.78 is 0. The van der Waals surface area contributed by atoms with E-state index >= 15 is 0 Å². The first-order valence-electron chi connectivity index (χ1n) is 3.33. The van der Waals surface area contributed by atoms with E-state index in [9.17, 15) is 4.79 Å². The van der Waals surface area contributed by atoms with Gasteiger partial charge in [0.15, 0.2) is 4.87 Å². The maximum Gasteiger partial charge on any atom is 0.329 e. The van der Waals surface area contributed by atoms with Crippen molar-refractivity contribution in [3.8, 4) is 0 Å². The summed E-state index contributed by atoms with van der Waals surface area (Å²) in [6.07, 6.45) is 5.43. The molecule has 0 fully saturated rings. The molecule has 1 rings (SSSR count). The summed E-state index contributed by atoms with van der Waals surface area (Å²) in [6.45, 7) is 1.91. The van der Waals surface area contributed by atoms with Crippen molar-refractivity contribution in [3.05, 3.63) is 23.8 Å². The van der Waals surface area contributed by atoms with E-state index in [0.717, 1.165) is 5.57 Å². The molecule has 0 radical (unpaired) electrons. The van der Waals surface area contributed by atoms with E-state index < -0.39 is 10.8 Å². The molecule has 0 aromatic heterocycles. The van der Waals surface area contributed by atoms with E-state index in [0.29, 0.717) is 6.42 Å². The zero-order valence-corrected chi connectivity index (χ0v) is 6.93. The molecule has 1 aliphatic carbocycles. The summed E-state index contributed by atoms with van der Waals surface area (Å²) in [5.74, 6) is -0.987. The van der Waals surface area contributed by atoms with Crippen molar-refractivity contribution in [1.29, 1.82) is 0 Å². The van der Waals surface area contributed by atoms with E-state index in [1.165, 1.54) is 6.08 Å². The Balaban J connectivity index is 2.82. The first-order valence-corrected chi connectivity index (χ1v) is 3.71. The van der Waals surface area contributed by atoms with Gasteiger partial charge in [-0.05, 0) is 13.3 Å². The molecule has 0 saturated heterocycles. The van der Waals surface area contributed by atoms with Crippen molar-refractivity contribution >= 4 is 17.6 Å². The van der Waals surface area contributed by atoms with Crippen LogP contribution in [0.4, 0.5) is 0 Å². The molecule has 0 bridgehead atoms. The number of carbonyl (C=O) groups is 1. The molecule has 1 atom stereocenters. The summed E-state index contributed by atoms with van der Waals surface area (Å²) >= 11 is 5.74. The summed E-state index contributed by atoms with van der Waals surface area (Å²) in [6, 6.07) is 0. The van der Waals surface area contributed by atoms with Crippen LogP contribution in [0.3, 0.4) is 0 Å². The molecule has 1 aliphatic rings. The van der Waals surface area contributed by atoms with Gasteiger partial charge in [0.2, 0.25) is 0 Å². The van der Waals surface area contributed by atoms with Gasteiger partial charge in [0.1, 0.15) is 0 Å². The van der Waals surface area contributed by atoms with Crippen LogP contribution in [0.15, 0.2) is 23.8 Å². The molecule has 0 saturated carbocycles. The van der Waals surface area contributed by atoms with Crippen LogP contribution in [-0.4, -0.2) is 16.0 Å². The molecule has 0 aromatic carbocycles. The lowest BCUT2D eigenvalue weighted by Crippen LogP contribution is -2.30. The molecule has 0 aliphatic heterocycles. The fourth-order valence-corrected chi connectivity index (χ4v) is 1.01. The van der Waals surface area contributed by atoms with Gasteiger partial charge < -0.3 is 5.11 Å². The Bertz CT molecular complexity index is 242. The Morgan fingerprint density at radius 1 is 1.82 bits per heavy atom. The Morgan fingerprint density at radius 3 is 2.82 bits per heavy atom. The van der Waals surface area contributed by atoms with Gasteiger partial charge in [-0.15, -0.1) is 11.6 Å². The van der Waals surface area contributed by atoms with Crippen molar-refractivity contribution < 1.29 is 9.90 Å². The summed E-state index contributed by atoms with van der Waals surface area (Å²) in [4.78, 5) is 9.36. The fraction of sp³-hybridized carbons (Fsp3) is 0.375. The molecular weight excluding hydrogens is 164 g/mol. The van der Waals surface area contributed by atoms with Crippen LogP contribution in [0.25, 0.3) is 0 Å². The van der Waals surface area contributed by atoms with E-state index in [4.69, 9.17) is 16.7 Å². The van der Waals surface area contributed by atoms with Gasteiger partial charge in [0, 0.05) is 0 Å². The highest BCUT2D eigenvalue weighted by molar-refractivity contribution is 6.35. The Labute approximate surface area is 70.2 Å². The average molecular weight is 173 g/mol. The topological polar surface area (TPSA) is 37.3 Å². The Kier molecular flexibility index (Phi) is 2.05. The largest absolute Gasteiger partial charge is 0.480 e. The second-order valence-electron chi connectivity index (χ2n) is 2.65. The van der Waals surface area contributed by atoms with Crippen LogP contribution in [0.1, 0.15) is 13.3 Å². The minimum atomic E-state index is -1.21. The highest BCUT2D eigenvalue weighted by Crippen LogP contribution is 2.27. The van der Waals surface area contributed by atoms with E-state index in [2.05, 4.69) is 0 Å². The van der Waals surface area contributed by atoms with Gasteiger partial charge >= 0.3 is 5.97 Å². The lowest BCUT2D eigenvalue weighted by atomic mass is 9.97. The highest BCUT2D eigenvalue weighted by Gasteiger charge is 2.33. The predicted octanol–water partition coefficient (Wildman–Crippen LogP) is 1.95. The number of hydrogen-bond acceptors (Lipinski definition) is 1. The molecular formula is C8H9ClO2. The molecule has 2 nitrogen and oxygen atoms in total. The number of hydrogen-bond donors (Lipinski definition) is 1. The molecule has 1 N–H and O–H groups in total. The monoisotopic (exact) mass is 172 g/mol. The van der Waals surface area contributed by atoms with Crippen LogP contribution in [0.5, 0.6) is 0 Å². The normalized spacial score (nSPS) is 29.8. The maximum absolute atomic E-state index is 10.6. The smallest absolute Gasteiger partial charge is 0.329 e. The van der Waals surface area contributed by atoms with Gasteiger partial charge in [-0.3, -0.25) is 0 Å². The predicted molar refractivity (Wildman–Crippen MR) is 43.7 cm³/mol. The lowest BCUT2D eigenvalue weighted by Gasteiger charge is -2.19. The minimum Gasteiger partial charge on any atom is -0.480 e. The quantitative estimate of drug-likeness (QED) is 0.614.